The molecule has 1 heterocycles. The third-order valence-electron chi connectivity index (χ3n) is 3.93. The highest BCUT2D eigenvalue weighted by Gasteiger charge is 2.23. The Morgan fingerprint density at radius 2 is 1.81 bits per heavy atom. The molecule has 0 saturated heterocycles. The molecule has 136 valence electrons. The molecular weight excluding hydrogens is 399 g/mol. The molecule has 2 aromatic rings. The molecule has 26 heavy (non-hydrogen) atoms. The maximum absolute atomic E-state index is 12.2. The predicted octanol–water partition coefficient (Wildman–Crippen LogP) is 4.02. The van der Waals surface area contributed by atoms with E-state index in [2.05, 4.69) is 10.6 Å². The van der Waals surface area contributed by atoms with Crippen LogP contribution in [0.5, 0.6) is 5.75 Å². The molecule has 1 unspecified atom stereocenters. The van der Waals surface area contributed by atoms with Gasteiger partial charge in [-0.2, -0.15) is 0 Å². The van der Waals surface area contributed by atoms with E-state index < -0.39 is 5.91 Å². The van der Waals surface area contributed by atoms with Crippen LogP contribution in [0.2, 0.25) is 15.1 Å². The molecule has 5 nitrogen and oxygen atoms in total. The van der Waals surface area contributed by atoms with Gasteiger partial charge in [0.25, 0.3) is 5.91 Å². The van der Waals surface area contributed by atoms with E-state index in [1.165, 1.54) is 12.1 Å². The second-order valence-electron chi connectivity index (χ2n) is 5.75. The number of hydrogen-bond donors (Lipinski definition) is 2. The summed E-state index contributed by atoms with van der Waals surface area (Å²) in [7, 11) is 0. The zero-order valence-corrected chi connectivity index (χ0v) is 15.8. The van der Waals surface area contributed by atoms with Crippen LogP contribution in [0.15, 0.2) is 36.4 Å². The molecule has 1 aliphatic rings. The van der Waals surface area contributed by atoms with Gasteiger partial charge < -0.3 is 15.4 Å². The largest absolute Gasteiger partial charge is 0.493 e. The first kappa shape index (κ1) is 18.8. The van der Waals surface area contributed by atoms with Crippen molar-refractivity contribution in [2.75, 3.05) is 13.2 Å². The van der Waals surface area contributed by atoms with Gasteiger partial charge in [0, 0.05) is 22.0 Å². The lowest BCUT2D eigenvalue weighted by Gasteiger charge is -2.27. The van der Waals surface area contributed by atoms with Crippen LogP contribution in [0.3, 0.4) is 0 Å². The number of hydrogen-bond acceptors (Lipinski definition) is 3. The van der Waals surface area contributed by atoms with Crippen LogP contribution in [0, 0.1) is 0 Å². The number of halogens is 3. The summed E-state index contributed by atoms with van der Waals surface area (Å²) in [6, 6.07) is 9.61. The summed E-state index contributed by atoms with van der Waals surface area (Å²) in [6.45, 7) is 0.317. The first-order valence-corrected chi connectivity index (χ1v) is 9.02. The minimum Gasteiger partial charge on any atom is -0.493 e. The zero-order chi connectivity index (χ0) is 18.7. The van der Waals surface area contributed by atoms with E-state index in [1.54, 1.807) is 24.3 Å². The van der Waals surface area contributed by atoms with Crippen LogP contribution in [0.25, 0.3) is 0 Å². The molecule has 0 saturated carbocycles. The molecule has 8 heteroatoms. The van der Waals surface area contributed by atoms with Crippen LogP contribution in [0.4, 0.5) is 0 Å². The van der Waals surface area contributed by atoms with Crippen molar-refractivity contribution in [3.63, 3.8) is 0 Å². The van der Waals surface area contributed by atoms with Crippen molar-refractivity contribution in [2.24, 2.45) is 0 Å². The Morgan fingerprint density at radius 3 is 2.58 bits per heavy atom. The monoisotopic (exact) mass is 412 g/mol. The molecule has 0 aromatic heterocycles. The highest BCUT2D eigenvalue weighted by Crippen LogP contribution is 2.33. The molecule has 2 N–H and O–H groups in total. The Morgan fingerprint density at radius 1 is 1.08 bits per heavy atom. The van der Waals surface area contributed by atoms with Gasteiger partial charge in [0.2, 0.25) is 5.91 Å². The van der Waals surface area contributed by atoms with Crippen LogP contribution in [-0.4, -0.2) is 25.0 Å². The van der Waals surface area contributed by atoms with Crippen molar-refractivity contribution >= 4 is 46.6 Å². The molecule has 3 rings (SSSR count). The number of carbonyl (C=O) groups is 2. The quantitative estimate of drug-likeness (QED) is 0.795. The maximum Gasteiger partial charge on any atom is 0.253 e. The van der Waals surface area contributed by atoms with Gasteiger partial charge in [-0.3, -0.25) is 9.59 Å². The molecule has 0 fully saturated rings. The highest BCUT2D eigenvalue weighted by atomic mass is 35.5. The van der Waals surface area contributed by atoms with Crippen molar-refractivity contribution in [2.45, 2.75) is 12.5 Å². The minimum atomic E-state index is -0.447. The fraction of sp³-hybridized carbons (Fsp3) is 0.222. The Balaban J connectivity index is 1.60. The molecule has 0 aliphatic carbocycles. The summed E-state index contributed by atoms with van der Waals surface area (Å²) in [6.07, 6.45) is 0.621. The summed E-state index contributed by atoms with van der Waals surface area (Å²) in [5, 5.41) is 6.66. The molecule has 0 bridgehead atoms. The number of amides is 2. The molecule has 0 radical (unpaired) electrons. The smallest absolute Gasteiger partial charge is 0.253 e. The maximum atomic E-state index is 12.2. The number of ether oxygens (including phenoxy) is 1. The molecule has 0 spiro atoms. The summed E-state index contributed by atoms with van der Waals surface area (Å²) in [5.41, 5.74) is 1.08. The Hall–Kier alpha value is -1.95. The normalized spacial score (nSPS) is 15.6. The van der Waals surface area contributed by atoms with Gasteiger partial charge in [-0.15, -0.1) is 0 Å². The third-order valence-corrected chi connectivity index (χ3v) is 4.71. The number of nitrogens with one attached hydrogen (secondary N) is 2. The van der Waals surface area contributed by atoms with E-state index >= 15 is 0 Å². The second-order valence-corrected chi connectivity index (χ2v) is 7.03. The van der Waals surface area contributed by atoms with Crippen molar-refractivity contribution in [3.05, 3.63) is 62.6 Å². The average Bonchev–Trinajstić information content (AvgIpc) is 2.60. The summed E-state index contributed by atoms with van der Waals surface area (Å²) in [5.74, 6) is -0.0681. The van der Waals surface area contributed by atoms with E-state index in [1.807, 2.05) is 0 Å². The topological polar surface area (TPSA) is 67.4 Å². The fourth-order valence-corrected chi connectivity index (χ4v) is 3.36. The molecule has 1 atom stereocenters. The third kappa shape index (κ3) is 4.41. The summed E-state index contributed by atoms with van der Waals surface area (Å²) >= 11 is 17.8. The lowest BCUT2D eigenvalue weighted by atomic mass is 10.0. The van der Waals surface area contributed by atoms with Gasteiger partial charge >= 0.3 is 0 Å². The lowest BCUT2D eigenvalue weighted by Crippen LogP contribution is -2.40. The summed E-state index contributed by atoms with van der Waals surface area (Å²) < 4.78 is 5.56. The first-order valence-electron chi connectivity index (χ1n) is 7.89. The van der Waals surface area contributed by atoms with E-state index in [-0.39, 0.29) is 29.1 Å². The fourth-order valence-electron chi connectivity index (χ4n) is 2.69. The first-order chi connectivity index (χ1) is 12.4. The number of benzene rings is 2. The van der Waals surface area contributed by atoms with Crippen LogP contribution < -0.4 is 15.4 Å². The van der Waals surface area contributed by atoms with Gasteiger partial charge in [0.1, 0.15) is 5.75 Å². The van der Waals surface area contributed by atoms with Crippen molar-refractivity contribution in [3.8, 4) is 5.75 Å². The number of rotatable bonds is 4. The Kier molecular flexibility index (Phi) is 5.91. The van der Waals surface area contributed by atoms with Crippen molar-refractivity contribution in [1.29, 1.82) is 0 Å². The minimum absolute atomic E-state index is 0.176. The highest BCUT2D eigenvalue weighted by molar-refractivity contribution is 6.36. The van der Waals surface area contributed by atoms with Gasteiger partial charge in [-0.25, -0.2) is 0 Å². The standard InChI is InChI=1S/C18H15Cl3N2O3/c19-10-2-4-16-13(7-10)15(5-6-26-16)23-17(24)9-22-18(25)12-3-1-11(20)8-14(12)21/h1-4,7-8,15H,5-6,9H2,(H,22,25)(H,23,24). The van der Waals surface area contributed by atoms with Gasteiger partial charge in [0.15, 0.2) is 0 Å². The van der Waals surface area contributed by atoms with Gasteiger partial charge in [0.05, 0.1) is 29.8 Å². The molecular formula is C18H15Cl3N2O3. The average molecular weight is 414 g/mol. The van der Waals surface area contributed by atoms with Crippen molar-refractivity contribution < 1.29 is 14.3 Å². The number of carbonyl (C=O) groups excluding carboxylic acids is 2. The summed E-state index contributed by atoms with van der Waals surface area (Å²) in [4.78, 5) is 24.4. The van der Waals surface area contributed by atoms with Crippen LogP contribution in [0.1, 0.15) is 28.4 Å². The van der Waals surface area contributed by atoms with E-state index in [9.17, 15) is 9.59 Å². The van der Waals surface area contributed by atoms with Crippen LogP contribution >= 0.6 is 34.8 Å². The van der Waals surface area contributed by atoms with Crippen molar-refractivity contribution in [1.82, 2.24) is 10.6 Å². The zero-order valence-electron chi connectivity index (χ0n) is 13.5. The SMILES string of the molecule is O=C(CNC(=O)c1ccc(Cl)cc1Cl)NC1CCOc2ccc(Cl)cc21. The lowest BCUT2D eigenvalue weighted by molar-refractivity contribution is -0.121. The molecule has 2 amide bonds. The van der Waals surface area contributed by atoms with E-state index in [4.69, 9.17) is 39.5 Å². The van der Waals surface area contributed by atoms with Crippen LogP contribution in [-0.2, 0) is 4.79 Å². The van der Waals surface area contributed by atoms with Gasteiger partial charge in [-0.05, 0) is 36.4 Å². The predicted molar refractivity (Wildman–Crippen MR) is 101 cm³/mol. The number of fused-ring (bicyclic) bond motifs is 1. The molecule has 1 aliphatic heterocycles. The van der Waals surface area contributed by atoms with Gasteiger partial charge in [-0.1, -0.05) is 34.8 Å². The Labute approximate surface area is 165 Å². The second kappa shape index (κ2) is 8.16. The Bertz CT molecular complexity index is 858. The molecule has 2 aromatic carbocycles. The van der Waals surface area contributed by atoms with E-state index in [0.29, 0.717) is 28.8 Å². The van der Waals surface area contributed by atoms with E-state index in [0.717, 1.165) is 5.56 Å².